The van der Waals surface area contributed by atoms with Crippen LogP contribution in [0.1, 0.15) is 13.3 Å². The van der Waals surface area contributed by atoms with Gasteiger partial charge in [0.2, 0.25) is 0 Å². The molecule has 0 heterocycles. The molecule has 0 radical (unpaired) electrons. The second-order valence-corrected chi connectivity index (χ2v) is 4.75. The van der Waals surface area contributed by atoms with Crippen molar-refractivity contribution >= 4 is 28.3 Å². The van der Waals surface area contributed by atoms with E-state index in [1.807, 2.05) is 0 Å². The molecule has 0 atom stereocenters. The van der Waals surface area contributed by atoms with E-state index in [1.54, 1.807) is 11.8 Å². The summed E-state index contributed by atoms with van der Waals surface area (Å²) in [5.74, 6) is 1.06. The summed E-state index contributed by atoms with van der Waals surface area (Å²) in [6.07, 6.45) is 1.15. The molecule has 0 saturated heterocycles. The summed E-state index contributed by atoms with van der Waals surface area (Å²) in [4.78, 5) is 2.18. The molecule has 0 aliphatic carbocycles. The van der Waals surface area contributed by atoms with Crippen LogP contribution < -0.4 is 5.32 Å². The minimum Gasteiger partial charge on any atom is -0.371 e. The summed E-state index contributed by atoms with van der Waals surface area (Å²) in [6, 6.07) is 0. The predicted octanol–water partition coefficient (Wildman–Crippen LogP) is 1.57. The molecule has 0 fully saturated rings. The van der Waals surface area contributed by atoms with Crippen molar-refractivity contribution in [3.05, 3.63) is 0 Å². The van der Waals surface area contributed by atoms with Crippen molar-refractivity contribution in [2.45, 2.75) is 13.3 Å². The minimum atomic E-state index is 0.927. The van der Waals surface area contributed by atoms with E-state index in [1.165, 1.54) is 0 Å². The third-order valence-corrected chi connectivity index (χ3v) is 2.52. The van der Waals surface area contributed by atoms with Gasteiger partial charge < -0.3 is 10.2 Å². The molecule has 0 amide bonds. The lowest BCUT2D eigenvalue weighted by molar-refractivity contribution is 0.400. The van der Waals surface area contributed by atoms with Gasteiger partial charge in [-0.1, -0.05) is 30.9 Å². The Balaban J connectivity index is 3.14. The maximum Gasteiger partial charge on any atom is 0.133 e. The molecule has 0 aromatic rings. The van der Waals surface area contributed by atoms with E-state index in [4.69, 9.17) is 12.2 Å². The van der Waals surface area contributed by atoms with Gasteiger partial charge in [-0.25, -0.2) is 0 Å². The van der Waals surface area contributed by atoms with E-state index in [9.17, 15) is 0 Å². The van der Waals surface area contributed by atoms with Gasteiger partial charge in [-0.15, -0.1) is 0 Å². The first kappa shape index (κ1) is 12.2. The maximum atomic E-state index is 5.07. The second-order valence-electron chi connectivity index (χ2n) is 2.80. The SMILES string of the molecule is CCSC(=S)NCCCN(C)C. The highest BCUT2D eigenvalue weighted by Crippen LogP contribution is 1.99. The summed E-state index contributed by atoms with van der Waals surface area (Å²) in [6.45, 7) is 4.22. The summed E-state index contributed by atoms with van der Waals surface area (Å²) in [5.41, 5.74) is 0. The number of rotatable bonds is 5. The Kier molecular flexibility index (Phi) is 7.96. The van der Waals surface area contributed by atoms with Gasteiger partial charge in [0.25, 0.3) is 0 Å². The van der Waals surface area contributed by atoms with Crippen molar-refractivity contribution in [1.82, 2.24) is 10.2 Å². The van der Waals surface area contributed by atoms with Crippen molar-refractivity contribution < 1.29 is 0 Å². The number of thioether (sulfide) groups is 1. The topological polar surface area (TPSA) is 15.3 Å². The van der Waals surface area contributed by atoms with E-state index < -0.39 is 0 Å². The lowest BCUT2D eigenvalue weighted by Crippen LogP contribution is -2.23. The molecule has 0 rings (SSSR count). The lowest BCUT2D eigenvalue weighted by Gasteiger charge is -2.10. The van der Waals surface area contributed by atoms with E-state index in [0.717, 1.165) is 29.6 Å². The van der Waals surface area contributed by atoms with Gasteiger partial charge in [0.1, 0.15) is 4.32 Å². The molecule has 72 valence electrons. The molecule has 4 heteroatoms. The molecule has 0 aromatic heterocycles. The Hall–Kier alpha value is 0.200. The first-order valence-electron chi connectivity index (χ1n) is 4.22. The highest BCUT2D eigenvalue weighted by atomic mass is 32.2. The molecule has 0 aliphatic heterocycles. The maximum absolute atomic E-state index is 5.07. The zero-order valence-corrected chi connectivity index (χ0v) is 9.73. The second kappa shape index (κ2) is 7.83. The van der Waals surface area contributed by atoms with Crippen LogP contribution in [-0.2, 0) is 0 Å². The van der Waals surface area contributed by atoms with Gasteiger partial charge in [0, 0.05) is 6.54 Å². The Bertz CT molecular complexity index is 126. The Morgan fingerprint density at radius 3 is 2.67 bits per heavy atom. The number of hydrogen-bond acceptors (Lipinski definition) is 3. The Morgan fingerprint density at radius 1 is 1.50 bits per heavy atom. The number of thiocarbonyl (C=S) groups is 1. The van der Waals surface area contributed by atoms with Crippen molar-refractivity contribution in [2.24, 2.45) is 0 Å². The van der Waals surface area contributed by atoms with E-state index in [-0.39, 0.29) is 0 Å². The number of nitrogens with zero attached hydrogens (tertiary/aromatic N) is 1. The van der Waals surface area contributed by atoms with Crippen LogP contribution in [0.5, 0.6) is 0 Å². The third kappa shape index (κ3) is 8.30. The first-order chi connectivity index (χ1) is 5.66. The van der Waals surface area contributed by atoms with Crippen LogP contribution in [0, 0.1) is 0 Å². The average Bonchev–Trinajstić information content (AvgIpc) is 1.98. The van der Waals surface area contributed by atoms with Gasteiger partial charge in [-0.05, 0) is 32.8 Å². The van der Waals surface area contributed by atoms with Gasteiger partial charge in [0.15, 0.2) is 0 Å². The molecule has 2 nitrogen and oxygen atoms in total. The van der Waals surface area contributed by atoms with E-state index in [2.05, 4.69) is 31.2 Å². The zero-order chi connectivity index (χ0) is 9.40. The quantitative estimate of drug-likeness (QED) is 0.542. The number of hydrogen-bond donors (Lipinski definition) is 1. The molecule has 0 aliphatic rings. The van der Waals surface area contributed by atoms with Crippen molar-refractivity contribution in [2.75, 3.05) is 32.9 Å². The van der Waals surface area contributed by atoms with Gasteiger partial charge in [-0.3, -0.25) is 0 Å². The Morgan fingerprint density at radius 2 is 2.17 bits per heavy atom. The van der Waals surface area contributed by atoms with E-state index in [0.29, 0.717) is 0 Å². The fraction of sp³-hybridized carbons (Fsp3) is 0.875. The lowest BCUT2D eigenvalue weighted by atomic mass is 10.4. The van der Waals surface area contributed by atoms with Gasteiger partial charge in [-0.2, -0.15) is 0 Å². The summed E-state index contributed by atoms with van der Waals surface area (Å²) < 4.78 is 0.927. The first-order valence-corrected chi connectivity index (χ1v) is 5.61. The fourth-order valence-electron chi connectivity index (χ4n) is 0.768. The molecular weight excluding hydrogens is 188 g/mol. The molecule has 0 aromatic carbocycles. The smallest absolute Gasteiger partial charge is 0.133 e. The molecule has 0 saturated carbocycles. The fourth-order valence-corrected chi connectivity index (χ4v) is 1.69. The summed E-state index contributed by atoms with van der Waals surface area (Å²) in [7, 11) is 4.16. The molecule has 0 unspecified atom stereocenters. The molecule has 12 heavy (non-hydrogen) atoms. The molecular formula is C8H18N2S2. The Labute approximate surface area is 85.1 Å². The largest absolute Gasteiger partial charge is 0.371 e. The predicted molar refractivity (Wildman–Crippen MR) is 61.9 cm³/mol. The van der Waals surface area contributed by atoms with Crippen LogP contribution in [0.4, 0.5) is 0 Å². The van der Waals surface area contributed by atoms with Crippen molar-refractivity contribution in [3.8, 4) is 0 Å². The highest BCUT2D eigenvalue weighted by molar-refractivity contribution is 8.22. The van der Waals surface area contributed by atoms with Crippen LogP contribution in [0.25, 0.3) is 0 Å². The highest BCUT2D eigenvalue weighted by Gasteiger charge is 1.94. The summed E-state index contributed by atoms with van der Waals surface area (Å²) >= 11 is 6.77. The number of nitrogens with one attached hydrogen (secondary N) is 1. The van der Waals surface area contributed by atoms with Crippen molar-refractivity contribution in [3.63, 3.8) is 0 Å². The average molecular weight is 206 g/mol. The minimum absolute atomic E-state index is 0.927. The van der Waals surface area contributed by atoms with Crippen LogP contribution in [0.2, 0.25) is 0 Å². The standard InChI is InChI=1S/C8H18N2S2/c1-4-12-8(11)9-6-5-7-10(2)3/h4-7H2,1-3H3,(H,9,11). The van der Waals surface area contributed by atoms with Crippen LogP contribution in [0.3, 0.4) is 0 Å². The van der Waals surface area contributed by atoms with Gasteiger partial charge in [0.05, 0.1) is 0 Å². The monoisotopic (exact) mass is 206 g/mol. The van der Waals surface area contributed by atoms with Crippen LogP contribution in [0.15, 0.2) is 0 Å². The normalized spacial score (nSPS) is 10.3. The molecule has 0 spiro atoms. The van der Waals surface area contributed by atoms with E-state index >= 15 is 0 Å². The summed E-state index contributed by atoms with van der Waals surface area (Å²) in [5, 5.41) is 3.21. The van der Waals surface area contributed by atoms with Crippen LogP contribution in [-0.4, -0.2) is 42.2 Å². The molecule has 1 N–H and O–H groups in total. The molecule has 0 bridgehead atoms. The van der Waals surface area contributed by atoms with Crippen molar-refractivity contribution in [1.29, 1.82) is 0 Å². The zero-order valence-electron chi connectivity index (χ0n) is 8.09. The van der Waals surface area contributed by atoms with Gasteiger partial charge >= 0.3 is 0 Å². The van der Waals surface area contributed by atoms with Crippen LogP contribution >= 0.6 is 24.0 Å². The third-order valence-electron chi connectivity index (χ3n) is 1.33.